The van der Waals surface area contributed by atoms with E-state index in [-0.39, 0.29) is 6.04 Å². The number of nitriles is 1. The lowest BCUT2D eigenvalue weighted by molar-refractivity contribution is 0.564. The summed E-state index contributed by atoms with van der Waals surface area (Å²) in [5.41, 5.74) is 3.29. The smallest absolute Gasteiger partial charge is 0.136 e. The van der Waals surface area contributed by atoms with E-state index in [1.165, 1.54) is 5.56 Å². The highest BCUT2D eigenvalue weighted by atomic mass is 15.3. The Morgan fingerprint density at radius 3 is 2.50 bits per heavy atom. The van der Waals surface area contributed by atoms with Crippen LogP contribution in [0.25, 0.3) is 0 Å². The summed E-state index contributed by atoms with van der Waals surface area (Å²) in [6, 6.07) is 2.46. The summed E-state index contributed by atoms with van der Waals surface area (Å²) in [5.74, 6) is 0. The van der Waals surface area contributed by atoms with Gasteiger partial charge in [-0.05, 0) is 20.8 Å². The fourth-order valence-corrected chi connectivity index (χ4v) is 1.69. The van der Waals surface area contributed by atoms with Crippen molar-refractivity contribution in [1.29, 1.82) is 5.26 Å². The molecule has 88 valence electrons. The van der Waals surface area contributed by atoms with Gasteiger partial charge in [0.15, 0.2) is 0 Å². The second-order valence-corrected chi connectivity index (χ2v) is 4.43. The predicted octanol–water partition coefficient (Wildman–Crippen LogP) is 2.08. The van der Waals surface area contributed by atoms with Crippen LogP contribution in [0.5, 0.6) is 0 Å². The van der Waals surface area contributed by atoms with E-state index < -0.39 is 0 Å². The van der Waals surface area contributed by atoms with Gasteiger partial charge in [-0.2, -0.15) is 10.4 Å². The Morgan fingerprint density at radius 2 is 2.00 bits per heavy atom. The summed E-state index contributed by atoms with van der Waals surface area (Å²) in [5, 5.41) is 16.7. The molecule has 1 atom stereocenters. The molecule has 1 unspecified atom stereocenters. The number of hydrogen-bond donors (Lipinski definition) is 1. The van der Waals surface area contributed by atoms with E-state index in [1.807, 2.05) is 20.8 Å². The monoisotopic (exact) mass is 220 g/mol. The van der Waals surface area contributed by atoms with Gasteiger partial charge in [0.05, 0.1) is 11.8 Å². The van der Waals surface area contributed by atoms with Crippen LogP contribution in [0.3, 0.4) is 0 Å². The molecule has 0 aromatic carbocycles. The van der Waals surface area contributed by atoms with Crippen LogP contribution >= 0.6 is 0 Å². The minimum absolute atomic E-state index is 0.202. The van der Waals surface area contributed by atoms with Crippen LogP contribution in [0.2, 0.25) is 0 Å². The zero-order valence-corrected chi connectivity index (χ0v) is 10.7. The van der Waals surface area contributed by atoms with Gasteiger partial charge in [0.25, 0.3) is 0 Å². The third-order valence-electron chi connectivity index (χ3n) is 2.72. The lowest BCUT2D eigenvalue weighted by atomic mass is 10.2. The van der Waals surface area contributed by atoms with Gasteiger partial charge in [0.1, 0.15) is 6.04 Å². The van der Waals surface area contributed by atoms with Crippen LogP contribution in [0.1, 0.15) is 43.8 Å². The van der Waals surface area contributed by atoms with Crippen LogP contribution in [0.15, 0.2) is 0 Å². The third kappa shape index (κ3) is 2.61. The molecule has 4 nitrogen and oxygen atoms in total. The number of nitrogens with zero attached hydrogens (tertiary/aromatic N) is 3. The molecule has 1 rings (SSSR count). The average molecular weight is 220 g/mol. The van der Waals surface area contributed by atoms with Crippen LogP contribution < -0.4 is 5.32 Å². The summed E-state index contributed by atoms with van der Waals surface area (Å²) in [6.07, 6.45) is 0. The van der Waals surface area contributed by atoms with Gasteiger partial charge < -0.3 is 5.32 Å². The van der Waals surface area contributed by atoms with Crippen molar-refractivity contribution in [3.05, 3.63) is 17.0 Å². The van der Waals surface area contributed by atoms with Crippen LogP contribution in [-0.4, -0.2) is 15.8 Å². The molecule has 1 heterocycles. The normalized spacial score (nSPS) is 12.8. The molecule has 1 aromatic rings. The Labute approximate surface area is 97.3 Å². The molecule has 0 aliphatic heterocycles. The second kappa shape index (κ2) is 5.13. The van der Waals surface area contributed by atoms with Crippen LogP contribution in [-0.2, 0) is 6.54 Å². The molecule has 0 aliphatic carbocycles. The van der Waals surface area contributed by atoms with Gasteiger partial charge in [-0.1, -0.05) is 13.8 Å². The predicted molar refractivity (Wildman–Crippen MR) is 64.0 cm³/mol. The van der Waals surface area contributed by atoms with Crippen LogP contribution in [0.4, 0.5) is 0 Å². The number of hydrogen-bond acceptors (Lipinski definition) is 3. The van der Waals surface area contributed by atoms with E-state index in [4.69, 9.17) is 5.26 Å². The maximum atomic E-state index is 8.90. The largest absolute Gasteiger partial charge is 0.310 e. The minimum Gasteiger partial charge on any atom is -0.310 e. The van der Waals surface area contributed by atoms with E-state index in [0.29, 0.717) is 6.04 Å². The molecule has 0 spiro atoms. The average Bonchev–Trinajstić information content (AvgIpc) is 2.51. The first-order chi connectivity index (χ1) is 7.47. The fourth-order valence-electron chi connectivity index (χ4n) is 1.69. The minimum atomic E-state index is -0.202. The first-order valence-electron chi connectivity index (χ1n) is 5.65. The van der Waals surface area contributed by atoms with E-state index in [9.17, 15) is 0 Å². The third-order valence-corrected chi connectivity index (χ3v) is 2.72. The summed E-state index contributed by atoms with van der Waals surface area (Å²) >= 11 is 0. The maximum absolute atomic E-state index is 8.90. The van der Waals surface area contributed by atoms with Crippen molar-refractivity contribution >= 4 is 0 Å². The van der Waals surface area contributed by atoms with Crippen molar-refractivity contribution < 1.29 is 0 Å². The molecule has 0 saturated heterocycles. The zero-order valence-electron chi connectivity index (χ0n) is 10.7. The number of aromatic nitrogens is 2. The van der Waals surface area contributed by atoms with Gasteiger partial charge in [0.2, 0.25) is 0 Å². The molecule has 1 N–H and O–H groups in total. The molecular weight excluding hydrogens is 200 g/mol. The van der Waals surface area contributed by atoms with Crippen molar-refractivity contribution in [3.8, 4) is 6.07 Å². The van der Waals surface area contributed by atoms with Crippen molar-refractivity contribution in [3.63, 3.8) is 0 Å². The summed E-state index contributed by atoms with van der Waals surface area (Å²) in [7, 11) is 0. The highest BCUT2D eigenvalue weighted by Crippen LogP contribution is 2.16. The molecule has 0 amide bonds. The topological polar surface area (TPSA) is 53.6 Å². The molecular formula is C12H20N4. The summed E-state index contributed by atoms with van der Waals surface area (Å²) < 4.78 is 1.80. The molecule has 0 radical (unpaired) electrons. The quantitative estimate of drug-likeness (QED) is 0.845. The fraction of sp³-hybridized carbons (Fsp3) is 0.667. The molecule has 16 heavy (non-hydrogen) atoms. The van der Waals surface area contributed by atoms with E-state index >= 15 is 0 Å². The van der Waals surface area contributed by atoms with E-state index in [0.717, 1.165) is 17.9 Å². The van der Waals surface area contributed by atoms with Gasteiger partial charge in [-0.25, -0.2) is 0 Å². The Morgan fingerprint density at radius 1 is 1.38 bits per heavy atom. The van der Waals surface area contributed by atoms with E-state index in [1.54, 1.807) is 4.68 Å². The van der Waals surface area contributed by atoms with Gasteiger partial charge in [-0.3, -0.25) is 4.68 Å². The number of rotatable bonds is 4. The molecule has 0 fully saturated rings. The van der Waals surface area contributed by atoms with Gasteiger partial charge in [-0.15, -0.1) is 0 Å². The number of nitrogens with one attached hydrogen (secondary N) is 1. The Kier molecular flexibility index (Phi) is 4.08. The van der Waals surface area contributed by atoms with Crippen molar-refractivity contribution in [2.45, 2.75) is 53.2 Å². The molecule has 1 aromatic heterocycles. The van der Waals surface area contributed by atoms with Gasteiger partial charge >= 0.3 is 0 Å². The van der Waals surface area contributed by atoms with E-state index in [2.05, 4.69) is 30.3 Å². The second-order valence-electron chi connectivity index (χ2n) is 4.43. The molecule has 4 heteroatoms. The summed E-state index contributed by atoms with van der Waals surface area (Å²) in [6.45, 7) is 10.9. The Balaban J connectivity index is 2.94. The summed E-state index contributed by atoms with van der Waals surface area (Å²) in [4.78, 5) is 0. The molecule has 0 aliphatic rings. The highest BCUT2D eigenvalue weighted by Gasteiger charge is 2.14. The van der Waals surface area contributed by atoms with Crippen molar-refractivity contribution in [1.82, 2.24) is 15.1 Å². The lowest BCUT2D eigenvalue weighted by Crippen LogP contribution is -2.22. The maximum Gasteiger partial charge on any atom is 0.136 e. The lowest BCUT2D eigenvalue weighted by Gasteiger charge is -2.09. The van der Waals surface area contributed by atoms with Crippen molar-refractivity contribution in [2.75, 3.05) is 0 Å². The number of aryl methyl sites for hydroxylation is 1. The SMILES string of the molecule is Cc1nn(C(C)C#N)c(C)c1CNC(C)C. The van der Waals surface area contributed by atoms with Crippen molar-refractivity contribution in [2.24, 2.45) is 0 Å². The van der Waals surface area contributed by atoms with Crippen LogP contribution in [0, 0.1) is 25.2 Å². The van der Waals surface area contributed by atoms with Gasteiger partial charge in [0, 0.05) is 23.8 Å². The Hall–Kier alpha value is -1.34. The Bertz CT molecular complexity index is 398. The first kappa shape index (κ1) is 12.7. The standard InChI is InChI=1S/C12H20N4/c1-8(2)14-7-12-10(4)15-16(11(12)5)9(3)6-13/h8-9,14H,7H2,1-5H3. The first-order valence-corrected chi connectivity index (χ1v) is 5.65. The molecule has 0 bridgehead atoms. The zero-order chi connectivity index (χ0) is 12.3. The highest BCUT2D eigenvalue weighted by molar-refractivity contribution is 5.25. The molecule has 0 saturated carbocycles.